The number of aromatic nitrogens is 2. The second-order valence-electron chi connectivity index (χ2n) is 8.12. The average Bonchev–Trinajstić information content (AvgIpc) is 3.12. The monoisotopic (exact) mass is 423 g/mol. The van der Waals surface area contributed by atoms with Crippen LogP contribution in [-0.2, 0) is 25.5 Å². The van der Waals surface area contributed by atoms with Crippen LogP contribution in [-0.4, -0.2) is 45.5 Å². The summed E-state index contributed by atoms with van der Waals surface area (Å²) < 4.78 is 11.7. The van der Waals surface area contributed by atoms with Crippen LogP contribution >= 0.6 is 0 Å². The summed E-state index contributed by atoms with van der Waals surface area (Å²) in [6, 6.07) is 0.454. The van der Waals surface area contributed by atoms with Crippen molar-refractivity contribution in [3.05, 3.63) is 18.2 Å². The van der Waals surface area contributed by atoms with E-state index in [-0.39, 0.29) is 6.54 Å². The largest absolute Gasteiger partial charge is 0.481 e. The Kier molecular flexibility index (Phi) is 9.14. The maximum Gasteiger partial charge on any atom is 0.410 e. The van der Waals surface area contributed by atoms with E-state index < -0.39 is 30.2 Å². The number of carbonyl (C=O) groups excluding carboxylic acids is 2. The van der Waals surface area contributed by atoms with Crippen molar-refractivity contribution in [2.24, 2.45) is 11.8 Å². The third-order valence-corrected chi connectivity index (χ3v) is 5.47. The minimum atomic E-state index is -0.975. The lowest BCUT2D eigenvalue weighted by Crippen LogP contribution is -2.31. The first-order chi connectivity index (χ1) is 14.2. The number of ether oxygens (including phenoxy) is 2. The van der Waals surface area contributed by atoms with Crippen molar-refractivity contribution < 1.29 is 29.0 Å². The zero-order chi connectivity index (χ0) is 22.1. The Morgan fingerprint density at radius 3 is 2.60 bits per heavy atom. The van der Waals surface area contributed by atoms with Crippen molar-refractivity contribution >= 4 is 18.0 Å². The molecule has 30 heavy (non-hydrogen) atoms. The number of carboxylic acid groups (broad SMARTS) is 1. The number of nitrogens with one attached hydrogen (secondary N) is 1. The van der Waals surface area contributed by atoms with E-state index in [1.807, 2.05) is 12.5 Å². The van der Waals surface area contributed by atoms with Gasteiger partial charge in [-0.2, -0.15) is 0 Å². The number of carboxylic acids is 1. The molecule has 1 aromatic rings. The van der Waals surface area contributed by atoms with Gasteiger partial charge in [-0.25, -0.2) is 9.78 Å². The minimum absolute atomic E-state index is 0.268. The van der Waals surface area contributed by atoms with Crippen LogP contribution in [0.1, 0.15) is 71.0 Å². The Hall–Kier alpha value is -2.58. The molecule has 0 bridgehead atoms. The number of rotatable bonds is 10. The fourth-order valence-electron chi connectivity index (χ4n) is 3.78. The van der Waals surface area contributed by atoms with Crippen molar-refractivity contribution in [2.45, 2.75) is 78.0 Å². The van der Waals surface area contributed by atoms with Crippen molar-refractivity contribution in [1.29, 1.82) is 0 Å². The highest BCUT2D eigenvalue weighted by Crippen LogP contribution is 2.31. The number of hydrogen-bond acceptors (Lipinski definition) is 6. The molecule has 1 saturated carbocycles. The molecule has 0 aromatic carbocycles. The molecule has 0 aliphatic heterocycles. The Balaban J connectivity index is 1.74. The summed E-state index contributed by atoms with van der Waals surface area (Å²) in [5.41, 5.74) is 0.781. The molecule has 2 N–H and O–H groups in total. The van der Waals surface area contributed by atoms with Gasteiger partial charge in [-0.15, -0.1) is 0 Å². The third-order valence-electron chi connectivity index (χ3n) is 5.47. The van der Waals surface area contributed by atoms with E-state index in [0.717, 1.165) is 24.5 Å². The summed E-state index contributed by atoms with van der Waals surface area (Å²) >= 11 is 0. The lowest BCUT2D eigenvalue weighted by molar-refractivity contribution is -0.162. The van der Waals surface area contributed by atoms with Gasteiger partial charge in [-0.1, -0.05) is 6.92 Å². The Morgan fingerprint density at radius 2 is 1.97 bits per heavy atom. The normalized spacial score (nSPS) is 20.8. The molecule has 0 radical (unpaired) electrons. The van der Waals surface area contributed by atoms with Gasteiger partial charge in [0.05, 0.1) is 17.9 Å². The summed E-state index contributed by atoms with van der Waals surface area (Å²) in [5.74, 6) is -1.21. The van der Waals surface area contributed by atoms with Gasteiger partial charge >= 0.3 is 18.0 Å². The van der Waals surface area contributed by atoms with Crippen LogP contribution in [0.2, 0.25) is 0 Å². The first-order valence-corrected chi connectivity index (χ1v) is 10.6. The highest BCUT2D eigenvalue weighted by molar-refractivity contribution is 5.70. The van der Waals surface area contributed by atoms with Gasteiger partial charge in [0.25, 0.3) is 0 Å². The fourth-order valence-corrected chi connectivity index (χ4v) is 3.78. The van der Waals surface area contributed by atoms with E-state index in [0.29, 0.717) is 25.3 Å². The van der Waals surface area contributed by atoms with Crippen molar-refractivity contribution in [2.75, 3.05) is 6.54 Å². The summed E-state index contributed by atoms with van der Waals surface area (Å²) in [5, 5.41) is 12.1. The molecule has 1 aliphatic carbocycles. The number of carbonyl (C=O) groups is 3. The molecule has 2 rings (SSSR count). The maximum atomic E-state index is 11.6. The molecule has 168 valence electrons. The number of hydrogen-bond donors (Lipinski definition) is 2. The fraction of sp³-hybridized carbons (Fsp3) is 0.714. The predicted octanol–water partition coefficient (Wildman–Crippen LogP) is 3.29. The number of amides is 1. The average molecular weight is 424 g/mol. The van der Waals surface area contributed by atoms with E-state index in [9.17, 15) is 19.5 Å². The zero-order valence-corrected chi connectivity index (χ0v) is 18.0. The van der Waals surface area contributed by atoms with Gasteiger partial charge in [0.1, 0.15) is 0 Å². The van der Waals surface area contributed by atoms with E-state index in [2.05, 4.69) is 21.8 Å². The maximum absolute atomic E-state index is 11.6. The molecule has 0 saturated heterocycles. The van der Waals surface area contributed by atoms with Gasteiger partial charge in [0.2, 0.25) is 6.29 Å². The highest BCUT2D eigenvalue weighted by Gasteiger charge is 2.22. The van der Waals surface area contributed by atoms with Gasteiger partial charge in [0, 0.05) is 39.1 Å². The standard InChI is InChI=1S/C21H33N3O6/c1-14-6-8-19(9-7-14)24-12-18(23-13-24)11-17(20(26)27)5-4-10-22-21(28)30-16(3)29-15(2)25/h12-14,16-17,19H,4-11H2,1-3H3,(H,22,28)(H,26,27). The summed E-state index contributed by atoms with van der Waals surface area (Å²) in [4.78, 5) is 38.5. The lowest BCUT2D eigenvalue weighted by atomic mass is 9.87. The molecule has 1 amide bonds. The third kappa shape index (κ3) is 8.04. The van der Waals surface area contributed by atoms with E-state index in [1.165, 1.54) is 26.7 Å². The van der Waals surface area contributed by atoms with Crippen LogP contribution < -0.4 is 5.32 Å². The Morgan fingerprint density at radius 1 is 1.27 bits per heavy atom. The second kappa shape index (κ2) is 11.6. The molecular formula is C21H33N3O6. The predicted molar refractivity (Wildman–Crippen MR) is 109 cm³/mol. The Bertz CT molecular complexity index is 711. The topological polar surface area (TPSA) is 120 Å². The molecule has 1 aliphatic rings. The van der Waals surface area contributed by atoms with Crippen LogP contribution in [0.25, 0.3) is 0 Å². The molecule has 1 aromatic heterocycles. The van der Waals surface area contributed by atoms with Crippen LogP contribution in [0, 0.1) is 11.8 Å². The summed E-state index contributed by atoms with van der Waals surface area (Å²) in [7, 11) is 0. The van der Waals surface area contributed by atoms with Crippen molar-refractivity contribution in [1.82, 2.24) is 14.9 Å². The molecular weight excluding hydrogens is 390 g/mol. The van der Waals surface area contributed by atoms with Crippen molar-refractivity contribution in [3.8, 4) is 0 Å². The van der Waals surface area contributed by atoms with Gasteiger partial charge in [0.15, 0.2) is 0 Å². The molecule has 9 nitrogen and oxygen atoms in total. The second-order valence-corrected chi connectivity index (χ2v) is 8.12. The minimum Gasteiger partial charge on any atom is -0.481 e. The quantitative estimate of drug-likeness (QED) is 0.336. The lowest BCUT2D eigenvalue weighted by Gasteiger charge is -2.26. The zero-order valence-electron chi connectivity index (χ0n) is 18.0. The van der Waals surface area contributed by atoms with E-state index in [1.54, 1.807) is 0 Å². The van der Waals surface area contributed by atoms with Gasteiger partial charge in [-0.05, 0) is 44.4 Å². The molecule has 1 fully saturated rings. The smallest absolute Gasteiger partial charge is 0.410 e. The van der Waals surface area contributed by atoms with Crippen LogP contribution in [0.4, 0.5) is 4.79 Å². The summed E-state index contributed by atoms with van der Waals surface area (Å²) in [6.45, 7) is 5.21. The van der Waals surface area contributed by atoms with Crippen LogP contribution in [0.15, 0.2) is 12.5 Å². The molecule has 1 heterocycles. The molecule has 0 spiro atoms. The highest BCUT2D eigenvalue weighted by atomic mass is 16.7. The van der Waals surface area contributed by atoms with Crippen LogP contribution in [0.5, 0.6) is 0 Å². The van der Waals surface area contributed by atoms with Crippen LogP contribution in [0.3, 0.4) is 0 Å². The molecule has 2 atom stereocenters. The number of esters is 1. The molecule has 9 heteroatoms. The number of nitrogens with zero attached hydrogens (tertiary/aromatic N) is 2. The van der Waals surface area contributed by atoms with Gasteiger partial charge in [-0.3, -0.25) is 9.59 Å². The number of imidazole rings is 1. The first kappa shape index (κ1) is 23.7. The van der Waals surface area contributed by atoms with Gasteiger partial charge < -0.3 is 24.5 Å². The van der Waals surface area contributed by atoms with E-state index >= 15 is 0 Å². The molecule has 2 unspecified atom stereocenters. The number of aliphatic carboxylic acids is 1. The van der Waals surface area contributed by atoms with Crippen molar-refractivity contribution in [3.63, 3.8) is 0 Å². The Labute approximate surface area is 177 Å². The van der Waals surface area contributed by atoms with E-state index in [4.69, 9.17) is 9.47 Å². The number of alkyl carbamates (subject to hydrolysis) is 1. The SMILES string of the molecule is CC(=O)OC(C)OC(=O)NCCCC(Cc1cn(C2CCC(C)CC2)cn1)C(=O)O. The first-order valence-electron chi connectivity index (χ1n) is 10.6. The summed E-state index contributed by atoms with van der Waals surface area (Å²) in [6.07, 6.45) is 8.05.